The quantitative estimate of drug-likeness (QED) is 0.112. The number of rotatable bonds is 8. The Morgan fingerprint density at radius 1 is 0.565 bits per heavy atom. The van der Waals surface area contributed by atoms with E-state index in [2.05, 4.69) is 36.4 Å². The van der Waals surface area contributed by atoms with Crippen LogP contribution in [0.4, 0.5) is 26.3 Å². The second-order valence-electron chi connectivity index (χ2n) is 17.9. The molecule has 0 spiro atoms. The van der Waals surface area contributed by atoms with Crippen LogP contribution in [0.25, 0.3) is 55.8 Å². The van der Waals surface area contributed by atoms with Gasteiger partial charge in [-0.3, -0.25) is 0 Å². The molecule has 7 aromatic carbocycles. The molecule has 0 radical (unpaired) electrons. The highest BCUT2D eigenvalue weighted by molar-refractivity contribution is 6.13. The SMILES string of the molecule is CC1CC(C)(C(F)(F)F)C=CC1c1nc(-c2ccccc2)nc(-c2ccc(-c3cccc4cccc(-c5ccc(C6=NC(c7ccccc7)=NC(c7ccc(C(F)(F)F)cc7)N6C)cc5)c34)cc2)n1. The number of halogens is 6. The van der Waals surface area contributed by atoms with Crippen LogP contribution in [0.1, 0.15) is 60.4 Å². The average molecular weight is 927 g/mol. The minimum atomic E-state index is -4.46. The van der Waals surface area contributed by atoms with Crippen molar-refractivity contribution in [3.8, 4) is 45.0 Å². The summed E-state index contributed by atoms with van der Waals surface area (Å²) in [6.45, 7) is 3.05. The predicted octanol–water partition coefficient (Wildman–Crippen LogP) is 14.8. The van der Waals surface area contributed by atoms with Crippen molar-refractivity contribution in [1.82, 2.24) is 19.9 Å². The third kappa shape index (κ3) is 8.83. The largest absolute Gasteiger partial charge is 0.416 e. The average Bonchev–Trinajstić information content (AvgIpc) is 3.36. The van der Waals surface area contributed by atoms with Gasteiger partial charge in [0.1, 0.15) is 17.8 Å². The van der Waals surface area contributed by atoms with Gasteiger partial charge in [0, 0.05) is 35.2 Å². The highest BCUT2D eigenvalue weighted by Gasteiger charge is 2.52. The van der Waals surface area contributed by atoms with Gasteiger partial charge in [-0.05, 0) is 70.0 Å². The summed E-state index contributed by atoms with van der Waals surface area (Å²) < 4.78 is 82.7. The molecule has 2 heterocycles. The van der Waals surface area contributed by atoms with E-state index in [1.54, 1.807) is 6.08 Å². The first-order valence-electron chi connectivity index (χ1n) is 22.6. The van der Waals surface area contributed by atoms with Crippen LogP contribution in [0, 0.1) is 11.3 Å². The number of allylic oxidation sites excluding steroid dienone is 2. The van der Waals surface area contributed by atoms with Crippen molar-refractivity contribution in [2.75, 3.05) is 7.05 Å². The highest BCUT2D eigenvalue weighted by Crippen LogP contribution is 2.50. The third-order valence-corrected chi connectivity index (χ3v) is 13.2. The molecular formula is C57H44F6N6. The fourth-order valence-corrected chi connectivity index (χ4v) is 9.39. The van der Waals surface area contributed by atoms with Gasteiger partial charge in [-0.25, -0.2) is 24.9 Å². The number of amidine groups is 2. The fourth-order valence-electron chi connectivity index (χ4n) is 9.39. The van der Waals surface area contributed by atoms with Gasteiger partial charge in [0.2, 0.25) is 0 Å². The Bertz CT molecular complexity index is 3250. The minimum absolute atomic E-state index is 0.0855. The van der Waals surface area contributed by atoms with Crippen LogP contribution in [0.2, 0.25) is 0 Å². The Labute approximate surface area is 395 Å². The molecule has 0 saturated carbocycles. The number of aromatic nitrogens is 3. The molecule has 0 saturated heterocycles. The van der Waals surface area contributed by atoms with Gasteiger partial charge in [0.05, 0.1) is 11.0 Å². The molecule has 1 aliphatic heterocycles. The fraction of sp³-hybridized carbons (Fsp3) is 0.175. The Balaban J connectivity index is 0.982. The minimum Gasteiger partial charge on any atom is -0.333 e. The second kappa shape index (κ2) is 17.7. The molecule has 12 heteroatoms. The van der Waals surface area contributed by atoms with Gasteiger partial charge >= 0.3 is 12.4 Å². The van der Waals surface area contributed by atoms with Crippen LogP contribution in [0.15, 0.2) is 192 Å². The zero-order valence-corrected chi connectivity index (χ0v) is 37.7. The van der Waals surface area contributed by atoms with Crippen molar-refractivity contribution in [3.05, 3.63) is 210 Å². The first-order chi connectivity index (χ1) is 33.1. The predicted molar refractivity (Wildman–Crippen MR) is 260 cm³/mol. The molecule has 2 aliphatic rings. The summed E-state index contributed by atoms with van der Waals surface area (Å²) in [6, 6.07) is 52.6. The van der Waals surface area contributed by atoms with Crippen molar-refractivity contribution in [3.63, 3.8) is 0 Å². The molecule has 1 aromatic heterocycles. The topological polar surface area (TPSA) is 66.6 Å². The highest BCUT2D eigenvalue weighted by atomic mass is 19.4. The van der Waals surface area contributed by atoms with E-state index in [1.807, 2.05) is 128 Å². The lowest BCUT2D eigenvalue weighted by Gasteiger charge is -2.37. The smallest absolute Gasteiger partial charge is 0.333 e. The lowest BCUT2D eigenvalue weighted by Crippen LogP contribution is -2.38. The van der Waals surface area contributed by atoms with E-state index < -0.39 is 35.4 Å². The van der Waals surface area contributed by atoms with Crippen molar-refractivity contribution in [1.29, 1.82) is 0 Å². The molecule has 8 aromatic rings. The van der Waals surface area contributed by atoms with Gasteiger partial charge in [-0.15, -0.1) is 0 Å². The van der Waals surface area contributed by atoms with Crippen molar-refractivity contribution in [2.45, 2.75) is 44.7 Å². The zero-order chi connectivity index (χ0) is 48.1. The zero-order valence-electron chi connectivity index (χ0n) is 37.7. The van der Waals surface area contributed by atoms with E-state index in [1.165, 1.54) is 25.1 Å². The number of nitrogens with zero attached hydrogens (tertiary/aromatic N) is 6. The van der Waals surface area contributed by atoms with Crippen LogP contribution in [0.3, 0.4) is 0 Å². The lowest BCUT2D eigenvalue weighted by molar-refractivity contribution is -0.206. The molecule has 6 nitrogen and oxygen atoms in total. The maximum atomic E-state index is 14.1. The van der Waals surface area contributed by atoms with E-state index in [4.69, 9.17) is 24.9 Å². The van der Waals surface area contributed by atoms with Gasteiger partial charge < -0.3 is 4.90 Å². The van der Waals surface area contributed by atoms with E-state index in [0.29, 0.717) is 34.7 Å². The summed E-state index contributed by atoms with van der Waals surface area (Å²) in [5.41, 5.74) is 4.99. The van der Waals surface area contributed by atoms with Crippen LogP contribution in [-0.4, -0.2) is 44.7 Å². The number of aliphatic imine (C=N–C) groups is 2. The summed E-state index contributed by atoms with van der Waals surface area (Å²) in [5, 5.41) is 2.09. The summed E-state index contributed by atoms with van der Waals surface area (Å²) in [5.74, 6) is 1.57. The number of hydrogen-bond acceptors (Lipinski definition) is 6. The molecule has 10 rings (SSSR count). The molecule has 0 N–H and O–H groups in total. The molecule has 344 valence electrons. The van der Waals surface area contributed by atoms with E-state index >= 15 is 0 Å². The Kier molecular flexibility index (Phi) is 11.6. The maximum Gasteiger partial charge on any atom is 0.416 e. The summed E-state index contributed by atoms with van der Waals surface area (Å²) >= 11 is 0. The van der Waals surface area contributed by atoms with E-state index in [-0.39, 0.29) is 12.3 Å². The molecular weight excluding hydrogens is 883 g/mol. The van der Waals surface area contributed by atoms with Crippen molar-refractivity contribution < 1.29 is 26.3 Å². The molecule has 0 fully saturated rings. The lowest BCUT2D eigenvalue weighted by atomic mass is 9.71. The second-order valence-corrected chi connectivity index (χ2v) is 17.9. The Morgan fingerprint density at radius 2 is 1.09 bits per heavy atom. The van der Waals surface area contributed by atoms with Crippen LogP contribution in [0.5, 0.6) is 0 Å². The maximum absolute atomic E-state index is 14.1. The molecule has 0 bridgehead atoms. The van der Waals surface area contributed by atoms with Crippen molar-refractivity contribution >= 4 is 22.4 Å². The van der Waals surface area contributed by atoms with Crippen LogP contribution in [-0.2, 0) is 6.18 Å². The normalized spacial score (nSPS) is 19.6. The van der Waals surface area contributed by atoms with Crippen molar-refractivity contribution in [2.24, 2.45) is 21.3 Å². The summed E-state index contributed by atoms with van der Waals surface area (Å²) in [6.07, 6.45) is -6.68. The first kappa shape index (κ1) is 45.1. The summed E-state index contributed by atoms with van der Waals surface area (Å²) in [4.78, 5) is 26.4. The summed E-state index contributed by atoms with van der Waals surface area (Å²) in [7, 11) is 1.84. The molecule has 0 amide bonds. The number of alkyl halides is 6. The standard InChI is InChI=1S/C57H44F6N6/c1-35-34-55(2,57(61,62)63)33-32-45(35)52-65-49(39-12-6-4-7-13-39)64-50(66-52)41-24-20-36(21-25-41)46-18-10-16-38-17-11-19-47(48(38)46)37-22-26-42(27-23-37)53-67-51(40-14-8-5-9-15-40)68-54(69(53)3)43-28-30-44(31-29-43)56(58,59)60/h4-33,35,45,54H,34H2,1-3H3. The van der Waals surface area contributed by atoms with Gasteiger partial charge in [0.25, 0.3) is 0 Å². The van der Waals surface area contributed by atoms with Crippen LogP contribution < -0.4 is 0 Å². The first-order valence-corrected chi connectivity index (χ1v) is 22.6. The number of hydrogen-bond donors (Lipinski definition) is 0. The molecule has 1 aliphatic carbocycles. The monoisotopic (exact) mass is 926 g/mol. The van der Waals surface area contributed by atoms with E-state index in [9.17, 15) is 26.3 Å². The number of benzene rings is 7. The third-order valence-electron chi connectivity index (χ3n) is 13.2. The van der Waals surface area contributed by atoms with Gasteiger partial charge in [-0.1, -0.05) is 177 Å². The molecule has 4 atom stereocenters. The molecule has 69 heavy (non-hydrogen) atoms. The number of fused-ring (bicyclic) bond motifs is 1. The van der Waals surface area contributed by atoms with Gasteiger partial charge in [0.15, 0.2) is 17.5 Å². The molecule has 4 unspecified atom stereocenters. The Hall–Kier alpha value is -7.73. The van der Waals surface area contributed by atoms with Crippen LogP contribution >= 0.6 is 0 Å². The van der Waals surface area contributed by atoms with E-state index in [0.717, 1.165) is 67.4 Å². The van der Waals surface area contributed by atoms with Gasteiger partial charge in [-0.2, -0.15) is 26.3 Å². The Morgan fingerprint density at radius 3 is 1.62 bits per heavy atom.